The summed E-state index contributed by atoms with van der Waals surface area (Å²) >= 11 is 0. The van der Waals surface area contributed by atoms with Crippen molar-refractivity contribution in [1.82, 2.24) is 0 Å². The fourth-order valence-electron chi connectivity index (χ4n) is 3.34. The van der Waals surface area contributed by atoms with E-state index in [9.17, 15) is 10.1 Å². The number of fused-ring (bicyclic) bond motifs is 1. The number of hydrogen-bond acceptors (Lipinski definition) is 4. The van der Waals surface area contributed by atoms with Crippen LogP contribution in [0.2, 0.25) is 0 Å². The molecule has 5 nitrogen and oxygen atoms in total. The Hall–Kier alpha value is -2.95. The van der Waals surface area contributed by atoms with Crippen LogP contribution in [0.5, 0.6) is 0 Å². The van der Waals surface area contributed by atoms with Crippen LogP contribution in [-0.4, -0.2) is 18.2 Å². The molecule has 0 bridgehead atoms. The number of benzene rings is 2. The maximum Gasteiger partial charge on any atom is 0.271 e. The highest BCUT2D eigenvalue weighted by Crippen LogP contribution is 2.46. The van der Waals surface area contributed by atoms with E-state index in [0.29, 0.717) is 5.69 Å². The number of non-ortho nitro benzene ring substituents is 1. The second kappa shape index (κ2) is 6.16. The zero-order valence-electron chi connectivity index (χ0n) is 14.9. The van der Waals surface area contributed by atoms with Crippen molar-refractivity contribution >= 4 is 23.3 Å². The third kappa shape index (κ3) is 2.93. The molecule has 0 saturated carbocycles. The number of anilines is 1. The molecule has 0 atom stereocenters. The van der Waals surface area contributed by atoms with Crippen molar-refractivity contribution in [2.24, 2.45) is 4.99 Å². The summed E-state index contributed by atoms with van der Waals surface area (Å²) in [5.74, 6) is 0. The molecule has 0 aliphatic carbocycles. The van der Waals surface area contributed by atoms with Gasteiger partial charge in [0.25, 0.3) is 5.69 Å². The van der Waals surface area contributed by atoms with Crippen molar-refractivity contribution in [3.8, 4) is 0 Å². The van der Waals surface area contributed by atoms with Gasteiger partial charge in [-0.25, -0.2) is 0 Å². The fourth-order valence-corrected chi connectivity index (χ4v) is 3.34. The van der Waals surface area contributed by atoms with E-state index in [1.54, 1.807) is 12.3 Å². The quantitative estimate of drug-likeness (QED) is 0.454. The number of aryl methyl sites for hydroxylation is 1. The first-order chi connectivity index (χ1) is 11.8. The molecule has 1 aliphatic rings. The van der Waals surface area contributed by atoms with Crippen molar-refractivity contribution in [3.63, 3.8) is 0 Å². The summed E-state index contributed by atoms with van der Waals surface area (Å²) in [5, 5.41) is 10.9. The van der Waals surface area contributed by atoms with Gasteiger partial charge in [-0.1, -0.05) is 38.1 Å². The van der Waals surface area contributed by atoms with Crippen molar-refractivity contribution in [2.45, 2.75) is 26.2 Å². The van der Waals surface area contributed by atoms with Crippen LogP contribution >= 0.6 is 0 Å². The average molecular weight is 335 g/mol. The van der Waals surface area contributed by atoms with E-state index in [-0.39, 0.29) is 11.1 Å². The highest BCUT2D eigenvalue weighted by molar-refractivity contribution is 5.81. The number of hydrogen-bond donors (Lipinski definition) is 0. The third-order valence-electron chi connectivity index (χ3n) is 4.79. The molecule has 128 valence electrons. The molecule has 0 fully saturated rings. The number of para-hydroxylation sites is 1. The smallest absolute Gasteiger partial charge is 0.271 e. The molecule has 1 aliphatic heterocycles. The summed E-state index contributed by atoms with van der Waals surface area (Å²) in [5.41, 5.74) is 5.07. The Morgan fingerprint density at radius 3 is 2.60 bits per heavy atom. The van der Waals surface area contributed by atoms with E-state index >= 15 is 0 Å². The Morgan fingerprint density at radius 1 is 1.20 bits per heavy atom. The lowest BCUT2D eigenvalue weighted by atomic mass is 9.84. The number of nitro groups is 1. The maximum atomic E-state index is 10.9. The van der Waals surface area contributed by atoms with Crippen LogP contribution in [0, 0.1) is 17.0 Å². The lowest BCUT2D eigenvalue weighted by Gasteiger charge is -2.23. The topological polar surface area (TPSA) is 58.7 Å². The minimum absolute atomic E-state index is 0.0520. The van der Waals surface area contributed by atoms with Gasteiger partial charge in [-0.3, -0.25) is 15.1 Å². The minimum Gasteiger partial charge on any atom is -0.347 e. The first-order valence-corrected chi connectivity index (χ1v) is 8.15. The van der Waals surface area contributed by atoms with Gasteiger partial charge in [0.1, 0.15) is 0 Å². The van der Waals surface area contributed by atoms with Crippen LogP contribution in [0.1, 0.15) is 25.0 Å². The minimum atomic E-state index is -0.401. The number of aliphatic imine (C=N–C) groups is 1. The molecule has 2 aromatic rings. The normalized spacial score (nSPS) is 17.3. The standard InChI is InChI=1S/C20H21N3O2/c1-14-9-10-15(23(24)25)13-17(14)21-12-11-19-20(2,3)16-7-5-6-8-18(16)22(19)4/h5-13H,1-4H3/b19-11-,21-12?. The summed E-state index contributed by atoms with van der Waals surface area (Å²) in [4.78, 5) is 17.1. The van der Waals surface area contributed by atoms with E-state index in [1.807, 2.05) is 26.1 Å². The van der Waals surface area contributed by atoms with Crippen LogP contribution in [-0.2, 0) is 5.41 Å². The molecule has 25 heavy (non-hydrogen) atoms. The van der Waals surface area contributed by atoms with Gasteiger partial charge in [-0.15, -0.1) is 0 Å². The Morgan fingerprint density at radius 2 is 1.92 bits per heavy atom. The molecule has 1 heterocycles. The second-order valence-corrected chi connectivity index (χ2v) is 6.76. The molecule has 5 heteroatoms. The summed E-state index contributed by atoms with van der Waals surface area (Å²) in [7, 11) is 2.05. The Bertz CT molecular complexity index is 898. The van der Waals surface area contributed by atoms with Gasteiger partial charge in [0.2, 0.25) is 0 Å². The summed E-state index contributed by atoms with van der Waals surface area (Å²) < 4.78 is 0. The van der Waals surface area contributed by atoms with Gasteiger partial charge in [-0.05, 0) is 30.2 Å². The summed E-state index contributed by atoms with van der Waals surface area (Å²) in [6, 6.07) is 13.1. The van der Waals surface area contributed by atoms with Crippen LogP contribution in [0.4, 0.5) is 17.1 Å². The fraction of sp³-hybridized carbons (Fsp3) is 0.250. The van der Waals surface area contributed by atoms with Crippen LogP contribution < -0.4 is 4.90 Å². The lowest BCUT2D eigenvalue weighted by molar-refractivity contribution is -0.384. The summed E-state index contributed by atoms with van der Waals surface area (Å²) in [6.07, 6.45) is 3.71. The van der Waals surface area contributed by atoms with Crippen molar-refractivity contribution in [2.75, 3.05) is 11.9 Å². The van der Waals surface area contributed by atoms with E-state index in [2.05, 4.69) is 41.9 Å². The highest BCUT2D eigenvalue weighted by Gasteiger charge is 2.37. The molecule has 0 unspecified atom stereocenters. The molecule has 0 aromatic heterocycles. The maximum absolute atomic E-state index is 10.9. The average Bonchev–Trinajstić information content (AvgIpc) is 2.77. The molecular formula is C20H21N3O2. The van der Waals surface area contributed by atoms with Gasteiger partial charge >= 0.3 is 0 Å². The number of likely N-dealkylation sites (N-methyl/N-ethyl adjacent to an activating group) is 1. The monoisotopic (exact) mass is 335 g/mol. The molecule has 0 radical (unpaired) electrons. The van der Waals surface area contributed by atoms with Gasteiger partial charge < -0.3 is 4.90 Å². The Balaban J connectivity index is 1.94. The van der Waals surface area contributed by atoms with E-state index in [1.165, 1.54) is 23.4 Å². The highest BCUT2D eigenvalue weighted by atomic mass is 16.6. The van der Waals surface area contributed by atoms with Gasteiger partial charge in [0.05, 0.1) is 10.6 Å². The first kappa shape index (κ1) is 16.9. The van der Waals surface area contributed by atoms with Crippen LogP contribution in [0.3, 0.4) is 0 Å². The Labute approximate surface area is 147 Å². The predicted octanol–water partition coefficient (Wildman–Crippen LogP) is 4.92. The summed E-state index contributed by atoms with van der Waals surface area (Å²) in [6.45, 7) is 6.27. The number of allylic oxidation sites excluding steroid dienone is 2. The number of rotatable bonds is 3. The van der Waals surface area contributed by atoms with E-state index in [0.717, 1.165) is 11.3 Å². The zero-order valence-corrected chi connectivity index (χ0v) is 14.9. The molecule has 0 N–H and O–H groups in total. The van der Waals surface area contributed by atoms with Gasteiger partial charge in [0, 0.05) is 42.2 Å². The predicted molar refractivity (Wildman–Crippen MR) is 102 cm³/mol. The number of nitro benzene ring substituents is 1. The van der Waals surface area contributed by atoms with Crippen molar-refractivity contribution in [1.29, 1.82) is 0 Å². The lowest BCUT2D eigenvalue weighted by Crippen LogP contribution is -2.23. The Kier molecular flexibility index (Phi) is 4.17. The molecular weight excluding hydrogens is 314 g/mol. The third-order valence-corrected chi connectivity index (χ3v) is 4.79. The van der Waals surface area contributed by atoms with E-state index in [4.69, 9.17) is 0 Å². The van der Waals surface area contributed by atoms with E-state index < -0.39 is 4.92 Å². The molecule has 0 amide bonds. The first-order valence-electron chi connectivity index (χ1n) is 8.15. The zero-order chi connectivity index (χ0) is 18.2. The van der Waals surface area contributed by atoms with Gasteiger partial charge in [-0.2, -0.15) is 0 Å². The largest absolute Gasteiger partial charge is 0.347 e. The molecule has 0 spiro atoms. The molecule has 2 aromatic carbocycles. The van der Waals surface area contributed by atoms with Crippen molar-refractivity contribution < 1.29 is 4.92 Å². The van der Waals surface area contributed by atoms with Gasteiger partial charge in [0.15, 0.2) is 0 Å². The van der Waals surface area contributed by atoms with Crippen LogP contribution in [0.25, 0.3) is 0 Å². The molecule has 3 rings (SSSR count). The number of nitrogens with zero attached hydrogens (tertiary/aromatic N) is 3. The van der Waals surface area contributed by atoms with Crippen molar-refractivity contribution in [3.05, 3.63) is 75.5 Å². The molecule has 0 saturated heterocycles. The van der Waals surface area contributed by atoms with Crippen LogP contribution in [0.15, 0.2) is 59.2 Å². The SMILES string of the molecule is Cc1ccc([N+](=O)[O-])cc1N=C/C=C1\N(C)c2ccccc2C1(C)C. The second-order valence-electron chi connectivity index (χ2n) is 6.76.